The Labute approximate surface area is 95.0 Å². The van der Waals surface area contributed by atoms with Gasteiger partial charge in [0.2, 0.25) is 0 Å². The highest BCUT2D eigenvalue weighted by molar-refractivity contribution is 5.56. The van der Waals surface area contributed by atoms with Crippen LogP contribution in [0.1, 0.15) is 12.8 Å². The lowest BCUT2D eigenvalue weighted by molar-refractivity contribution is 0.415. The van der Waals surface area contributed by atoms with Crippen LogP contribution in [0, 0.1) is 5.82 Å². The minimum absolute atomic E-state index is 0.248. The molecule has 16 heavy (non-hydrogen) atoms. The summed E-state index contributed by atoms with van der Waals surface area (Å²) in [5.74, 6) is 0.432. The molecule has 1 aliphatic heterocycles. The van der Waals surface area contributed by atoms with Crippen LogP contribution >= 0.6 is 0 Å². The molecule has 0 aromatic heterocycles. The Morgan fingerprint density at radius 3 is 3.12 bits per heavy atom. The van der Waals surface area contributed by atoms with Crippen molar-refractivity contribution in [2.24, 2.45) is 0 Å². The fourth-order valence-electron chi connectivity index (χ4n) is 1.98. The second-order valence-electron chi connectivity index (χ2n) is 4.02. The molecule has 0 bridgehead atoms. The van der Waals surface area contributed by atoms with E-state index >= 15 is 0 Å². The Morgan fingerprint density at radius 2 is 2.44 bits per heavy atom. The van der Waals surface area contributed by atoms with Gasteiger partial charge in [-0.05, 0) is 31.5 Å². The Balaban J connectivity index is 1.98. The number of hydrogen-bond acceptors (Lipinski definition) is 3. The molecular weight excluding hydrogens is 207 g/mol. The van der Waals surface area contributed by atoms with Crippen LogP contribution in [-0.4, -0.2) is 26.2 Å². The van der Waals surface area contributed by atoms with E-state index in [4.69, 9.17) is 4.74 Å². The van der Waals surface area contributed by atoms with Crippen LogP contribution in [0.5, 0.6) is 5.75 Å². The second-order valence-corrected chi connectivity index (χ2v) is 4.02. The number of hydrogen-bond donors (Lipinski definition) is 2. The number of rotatable bonds is 4. The molecule has 3 nitrogen and oxygen atoms in total. The summed E-state index contributed by atoms with van der Waals surface area (Å²) in [6.07, 6.45) is 2.39. The third kappa shape index (κ3) is 2.64. The first-order valence-electron chi connectivity index (χ1n) is 5.60. The van der Waals surface area contributed by atoms with Crippen molar-refractivity contribution in [1.29, 1.82) is 0 Å². The number of nitrogens with one attached hydrogen (secondary N) is 2. The predicted octanol–water partition coefficient (Wildman–Crippen LogP) is 2.00. The summed E-state index contributed by atoms with van der Waals surface area (Å²) >= 11 is 0. The van der Waals surface area contributed by atoms with E-state index in [-0.39, 0.29) is 5.82 Å². The Kier molecular flexibility index (Phi) is 3.62. The quantitative estimate of drug-likeness (QED) is 0.820. The maximum Gasteiger partial charge on any atom is 0.142 e. The molecule has 2 N–H and O–H groups in total. The van der Waals surface area contributed by atoms with Gasteiger partial charge in [-0.2, -0.15) is 0 Å². The first kappa shape index (κ1) is 11.2. The zero-order valence-electron chi connectivity index (χ0n) is 9.42. The Morgan fingerprint density at radius 1 is 1.56 bits per heavy atom. The summed E-state index contributed by atoms with van der Waals surface area (Å²) in [4.78, 5) is 0. The Hall–Kier alpha value is -1.29. The number of halogens is 1. The lowest BCUT2D eigenvalue weighted by Gasteiger charge is -2.15. The van der Waals surface area contributed by atoms with Crippen LogP contribution in [0.2, 0.25) is 0 Å². The third-order valence-corrected chi connectivity index (χ3v) is 2.86. The molecule has 0 spiro atoms. The monoisotopic (exact) mass is 224 g/mol. The Bertz CT molecular complexity index is 351. The molecule has 1 unspecified atom stereocenters. The van der Waals surface area contributed by atoms with Crippen LogP contribution < -0.4 is 15.4 Å². The molecule has 2 rings (SSSR count). The van der Waals surface area contributed by atoms with Gasteiger partial charge in [0.15, 0.2) is 0 Å². The van der Waals surface area contributed by atoms with Gasteiger partial charge in [-0.3, -0.25) is 0 Å². The lowest BCUT2D eigenvalue weighted by atomic mass is 10.2. The third-order valence-electron chi connectivity index (χ3n) is 2.86. The van der Waals surface area contributed by atoms with Gasteiger partial charge in [0.05, 0.1) is 12.8 Å². The summed E-state index contributed by atoms with van der Waals surface area (Å²) in [6.45, 7) is 1.88. The number of anilines is 1. The van der Waals surface area contributed by atoms with Crippen molar-refractivity contribution in [2.45, 2.75) is 18.9 Å². The van der Waals surface area contributed by atoms with Crippen molar-refractivity contribution in [1.82, 2.24) is 5.32 Å². The summed E-state index contributed by atoms with van der Waals surface area (Å²) in [5, 5.41) is 6.60. The molecule has 1 saturated heterocycles. The van der Waals surface area contributed by atoms with Crippen LogP contribution in [-0.2, 0) is 0 Å². The van der Waals surface area contributed by atoms with Crippen molar-refractivity contribution in [3.05, 3.63) is 24.0 Å². The normalized spacial score (nSPS) is 19.8. The van der Waals surface area contributed by atoms with E-state index in [0.717, 1.165) is 18.8 Å². The number of benzene rings is 1. The summed E-state index contributed by atoms with van der Waals surface area (Å²) in [6, 6.07) is 4.98. The molecule has 88 valence electrons. The highest BCUT2D eigenvalue weighted by Gasteiger charge is 2.14. The zero-order valence-corrected chi connectivity index (χ0v) is 9.42. The molecule has 0 radical (unpaired) electrons. The highest BCUT2D eigenvalue weighted by atomic mass is 19.1. The maximum atomic E-state index is 13.1. The topological polar surface area (TPSA) is 33.3 Å². The highest BCUT2D eigenvalue weighted by Crippen LogP contribution is 2.25. The minimum Gasteiger partial charge on any atom is -0.495 e. The zero-order chi connectivity index (χ0) is 11.4. The van der Waals surface area contributed by atoms with Gasteiger partial charge in [-0.25, -0.2) is 4.39 Å². The summed E-state index contributed by atoms with van der Waals surface area (Å²) in [5.41, 5.74) is 0.719. The van der Waals surface area contributed by atoms with Gasteiger partial charge in [-0.15, -0.1) is 0 Å². The smallest absolute Gasteiger partial charge is 0.142 e. The van der Waals surface area contributed by atoms with Crippen LogP contribution in [0.4, 0.5) is 10.1 Å². The number of methoxy groups -OCH3 is 1. The molecule has 0 amide bonds. The minimum atomic E-state index is -0.248. The van der Waals surface area contributed by atoms with Crippen molar-refractivity contribution < 1.29 is 9.13 Å². The van der Waals surface area contributed by atoms with Crippen molar-refractivity contribution in [2.75, 3.05) is 25.5 Å². The SMILES string of the molecule is COc1ccc(F)cc1NCC1CCCN1. The van der Waals surface area contributed by atoms with Crippen molar-refractivity contribution >= 4 is 5.69 Å². The molecule has 1 aromatic rings. The van der Waals surface area contributed by atoms with E-state index in [1.807, 2.05) is 0 Å². The molecular formula is C12H17FN2O. The van der Waals surface area contributed by atoms with Crippen LogP contribution in [0.15, 0.2) is 18.2 Å². The van der Waals surface area contributed by atoms with Crippen LogP contribution in [0.3, 0.4) is 0 Å². The number of ether oxygens (including phenoxy) is 1. The average molecular weight is 224 g/mol. The van der Waals surface area contributed by atoms with E-state index in [9.17, 15) is 4.39 Å². The van der Waals surface area contributed by atoms with E-state index in [0.29, 0.717) is 11.8 Å². The van der Waals surface area contributed by atoms with Gasteiger partial charge in [0, 0.05) is 18.7 Å². The molecule has 1 fully saturated rings. The first-order valence-corrected chi connectivity index (χ1v) is 5.60. The van der Waals surface area contributed by atoms with E-state index < -0.39 is 0 Å². The van der Waals surface area contributed by atoms with Crippen molar-refractivity contribution in [3.63, 3.8) is 0 Å². The largest absolute Gasteiger partial charge is 0.495 e. The van der Waals surface area contributed by atoms with Gasteiger partial charge >= 0.3 is 0 Å². The van der Waals surface area contributed by atoms with Gasteiger partial charge in [-0.1, -0.05) is 0 Å². The molecule has 1 aliphatic rings. The average Bonchev–Trinajstić information content (AvgIpc) is 2.79. The fourth-order valence-corrected chi connectivity index (χ4v) is 1.98. The second kappa shape index (κ2) is 5.16. The first-order chi connectivity index (χ1) is 7.79. The molecule has 0 aliphatic carbocycles. The fraction of sp³-hybridized carbons (Fsp3) is 0.500. The molecule has 1 heterocycles. The molecule has 0 saturated carbocycles. The van der Waals surface area contributed by atoms with Gasteiger partial charge in [0.1, 0.15) is 11.6 Å². The molecule has 1 aromatic carbocycles. The van der Waals surface area contributed by atoms with E-state index in [1.165, 1.54) is 25.0 Å². The predicted molar refractivity (Wildman–Crippen MR) is 62.5 cm³/mol. The standard InChI is InChI=1S/C12H17FN2O/c1-16-12-5-4-9(13)7-11(12)15-8-10-3-2-6-14-10/h4-5,7,10,14-15H,2-3,6,8H2,1H3. The van der Waals surface area contributed by atoms with E-state index in [1.54, 1.807) is 13.2 Å². The molecule has 1 atom stereocenters. The maximum absolute atomic E-state index is 13.1. The van der Waals surface area contributed by atoms with Gasteiger partial charge < -0.3 is 15.4 Å². The van der Waals surface area contributed by atoms with Gasteiger partial charge in [0.25, 0.3) is 0 Å². The molecule has 4 heteroatoms. The van der Waals surface area contributed by atoms with Crippen LogP contribution in [0.25, 0.3) is 0 Å². The van der Waals surface area contributed by atoms with Crippen molar-refractivity contribution in [3.8, 4) is 5.75 Å². The summed E-state index contributed by atoms with van der Waals surface area (Å²) < 4.78 is 18.2. The lowest BCUT2D eigenvalue weighted by Crippen LogP contribution is -2.29. The van der Waals surface area contributed by atoms with E-state index in [2.05, 4.69) is 10.6 Å². The summed E-state index contributed by atoms with van der Waals surface area (Å²) in [7, 11) is 1.59.